The zero-order valence-electron chi connectivity index (χ0n) is 13.0. The van der Waals surface area contributed by atoms with E-state index < -0.39 is 0 Å². The highest BCUT2D eigenvalue weighted by Crippen LogP contribution is 2.30. The summed E-state index contributed by atoms with van der Waals surface area (Å²) in [5.74, 6) is 1.51. The first-order valence-corrected chi connectivity index (χ1v) is 7.96. The molecule has 1 aromatic heterocycles. The number of rotatable bonds is 3. The molecule has 3 atom stereocenters. The molecule has 2 N–H and O–H groups in total. The maximum atomic E-state index is 6.11. The van der Waals surface area contributed by atoms with Crippen molar-refractivity contribution in [3.8, 4) is 0 Å². The van der Waals surface area contributed by atoms with Crippen LogP contribution >= 0.6 is 0 Å². The molecule has 21 heavy (non-hydrogen) atoms. The van der Waals surface area contributed by atoms with E-state index in [0.717, 1.165) is 30.4 Å². The summed E-state index contributed by atoms with van der Waals surface area (Å²) in [7, 11) is 0. The molecule has 112 valence electrons. The van der Waals surface area contributed by atoms with E-state index in [0.29, 0.717) is 12.6 Å². The number of nitrogens with zero attached hydrogens (tertiary/aromatic N) is 2. The monoisotopic (exact) mass is 283 g/mol. The molecule has 3 rings (SSSR count). The molecular formula is C18H25N3. The van der Waals surface area contributed by atoms with Crippen molar-refractivity contribution in [1.29, 1.82) is 0 Å². The van der Waals surface area contributed by atoms with E-state index in [-0.39, 0.29) is 0 Å². The van der Waals surface area contributed by atoms with Crippen molar-refractivity contribution < 1.29 is 0 Å². The first-order chi connectivity index (χ1) is 10.2. The lowest BCUT2D eigenvalue weighted by atomic mass is 9.89. The van der Waals surface area contributed by atoms with Gasteiger partial charge in [-0.1, -0.05) is 26.0 Å². The Morgan fingerprint density at radius 2 is 2.00 bits per heavy atom. The maximum Gasteiger partial charge on any atom is 0.0702 e. The van der Waals surface area contributed by atoms with Crippen LogP contribution in [0.2, 0.25) is 0 Å². The van der Waals surface area contributed by atoms with E-state index in [2.05, 4.69) is 48.0 Å². The Morgan fingerprint density at radius 1 is 1.24 bits per heavy atom. The summed E-state index contributed by atoms with van der Waals surface area (Å²) in [6.45, 7) is 7.67. The third-order valence-corrected chi connectivity index (χ3v) is 4.57. The quantitative estimate of drug-likeness (QED) is 0.940. The van der Waals surface area contributed by atoms with Crippen LogP contribution in [0.15, 0.2) is 36.5 Å². The third kappa shape index (κ3) is 3.09. The Hall–Kier alpha value is -1.45. The number of nitrogens with two attached hydrogens (primary N) is 1. The number of likely N-dealkylation sites (tertiary alicyclic amines) is 1. The van der Waals surface area contributed by atoms with Gasteiger partial charge in [0.05, 0.1) is 5.52 Å². The van der Waals surface area contributed by atoms with Gasteiger partial charge in [0.1, 0.15) is 0 Å². The van der Waals surface area contributed by atoms with Gasteiger partial charge in [-0.2, -0.15) is 0 Å². The molecule has 1 aliphatic heterocycles. The van der Waals surface area contributed by atoms with Crippen LogP contribution in [0.5, 0.6) is 0 Å². The lowest BCUT2D eigenvalue weighted by molar-refractivity contribution is 0.0985. The molecular weight excluding hydrogens is 258 g/mol. The van der Waals surface area contributed by atoms with Crippen LogP contribution in [0.25, 0.3) is 10.9 Å². The van der Waals surface area contributed by atoms with Crippen LogP contribution in [-0.4, -0.2) is 29.5 Å². The fraction of sp³-hybridized carbons (Fsp3) is 0.500. The SMILES string of the molecule is CC1CC(C)CN(C(CN)c2ccc3ncccc3c2)C1. The molecule has 1 aliphatic rings. The second-order valence-corrected chi connectivity index (χ2v) is 6.61. The lowest BCUT2D eigenvalue weighted by Gasteiger charge is -2.40. The number of hydrogen-bond donors (Lipinski definition) is 1. The Kier molecular flexibility index (Phi) is 4.22. The zero-order valence-corrected chi connectivity index (χ0v) is 13.0. The molecule has 0 bridgehead atoms. The van der Waals surface area contributed by atoms with Crippen LogP contribution in [0.1, 0.15) is 31.9 Å². The maximum absolute atomic E-state index is 6.11. The summed E-state index contributed by atoms with van der Waals surface area (Å²) < 4.78 is 0. The van der Waals surface area contributed by atoms with E-state index in [1.165, 1.54) is 17.4 Å². The highest BCUT2D eigenvalue weighted by Gasteiger charge is 2.27. The van der Waals surface area contributed by atoms with E-state index >= 15 is 0 Å². The first-order valence-electron chi connectivity index (χ1n) is 7.96. The minimum atomic E-state index is 0.319. The lowest BCUT2D eigenvalue weighted by Crippen LogP contribution is -2.43. The number of pyridine rings is 1. The van der Waals surface area contributed by atoms with Gasteiger partial charge in [0.25, 0.3) is 0 Å². The van der Waals surface area contributed by atoms with Crippen LogP contribution in [0, 0.1) is 11.8 Å². The predicted octanol–water partition coefficient (Wildman–Crippen LogP) is 3.21. The van der Waals surface area contributed by atoms with Crippen molar-refractivity contribution in [1.82, 2.24) is 9.88 Å². The predicted molar refractivity (Wildman–Crippen MR) is 88.1 cm³/mol. The summed E-state index contributed by atoms with van der Waals surface area (Å²) in [6.07, 6.45) is 3.17. The molecule has 3 heteroatoms. The molecule has 1 fully saturated rings. The van der Waals surface area contributed by atoms with Crippen LogP contribution < -0.4 is 5.73 Å². The second-order valence-electron chi connectivity index (χ2n) is 6.61. The van der Waals surface area contributed by atoms with Gasteiger partial charge in [-0.3, -0.25) is 9.88 Å². The Morgan fingerprint density at radius 3 is 2.71 bits per heavy atom. The number of aromatic nitrogens is 1. The van der Waals surface area contributed by atoms with Crippen molar-refractivity contribution in [3.63, 3.8) is 0 Å². The van der Waals surface area contributed by atoms with E-state index in [9.17, 15) is 0 Å². The topological polar surface area (TPSA) is 42.1 Å². The van der Waals surface area contributed by atoms with E-state index in [1.807, 2.05) is 12.3 Å². The molecule has 2 aromatic rings. The second kappa shape index (κ2) is 6.12. The van der Waals surface area contributed by atoms with Gasteiger partial charge in [-0.25, -0.2) is 0 Å². The summed E-state index contributed by atoms with van der Waals surface area (Å²) >= 11 is 0. The molecule has 1 aromatic carbocycles. The third-order valence-electron chi connectivity index (χ3n) is 4.57. The molecule has 1 saturated heterocycles. The van der Waals surface area contributed by atoms with Gasteiger partial charge in [0.2, 0.25) is 0 Å². The van der Waals surface area contributed by atoms with Crippen molar-refractivity contribution in [2.24, 2.45) is 17.6 Å². The highest BCUT2D eigenvalue weighted by molar-refractivity contribution is 5.79. The van der Waals surface area contributed by atoms with E-state index in [4.69, 9.17) is 5.73 Å². The highest BCUT2D eigenvalue weighted by atomic mass is 15.2. The fourth-order valence-corrected chi connectivity index (χ4v) is 3.76. The Bertz CT molecular complexity index is 600. The molecule has 3 unspecified atom stereocenters. The number of piperidine rings is 1. The van der Waals surface area contributed by atoms with Crippen molar-refractivity contribution in [3.05, 3.63) is 42.1 Å². The minimum absolute atomic E-state index is 0.319. The molecule has 0 spiro atoms. The fourth-order valence-electron chi connectivity index (χ4n) is 3.76. The largest absolute Gasteiger partial charge is 0.329 e. The van der Waals surface area contributed by atoms with Gasteiger partial charge in [-0.05, 0) is 42.0 Å². The standard InChI is InChI=1S/C18H25N3/c1-13-8-14(2)12-21(11-13)18(10-19)16-5-6-17-15(9-16)4-3-7-20-17/h3-7,9,13-14,18H,8,10-12,19H2,1-2H3. The average molecular weight is 283 g/mol. The minimum Gasteiger partial charge on any atom is -0.329 e. The number of benzene rings is 1. The summed E-state index contributed by atoms with van der Waals surface area (Å²) in [5.41, 5.74) is 8.49. The van der Waals surface area contributed by atoms with Gasteiger partial charge >= 0.3 is 0 Å². The summed E-state index contributed by atoms with van der Waals surface area (Å²) in [6, 6.07) is 11.0. The van der Waals surface area contributed by atoms with Gasteiger partial charge < -0.3 is 5.73 Å². The molecule has 0 radical (unpaired) electrons. The Labute approximate surface area is 127 Å². The zero-order chi connectivity index (χ0) is 14.8. The average Bonchev–Trinajstić information content (AvgIpc) is 2.47. The van der Waals surface area contributed by atoms with Gasteiger partial charge in [0.15, 0.2) is 0 Å². The van der Waals surface area contributed by atoms with Gasteiger partial charge in [-0.15, -0.1) is 0 Å². The summed E-state index contributed by atoms with van der Waals surface area (Å²) in [5, 5.41) is 1.20. The Balaban J connectivity index is 1.90. The molecule has 2 heterocycles. The number of fused-ring (bicyclic) bond motifs is 1. The summed E-state index contributed by atoms with van der Waals surface area (Å²) in [4.78, 5) is 6.97. The van der Waals surface area contributed by atoms with Crippen molar-refractivity contribution >= 4 is 10.9 Å². The first kappa shape index (κ1) is 14.5. The molecule has 0 amide bonds. The normalized spacial score (nSPS) is 25.1. The van der Waals surface area contributed by atoms with Crippen molar-refractivity contribution in [2.75, 3.05) is 19.6 Å². The molecule has 0 aliphatic carbocycles. The molecule has 3 nitrogen and oxygen atoms in total. The van der Waals surface area contributed by atoms with Crippen LogP contribution in [0.3, 0.4) is 0 Å². The van der Waals surface area contributed by atoms with Gasteiger partial charge in [0, 0.05) is 37.3 Å². The van der Waals surface area contributed by atoms with E-state index in [1.54, 1.807) is 0 Å². The van der Waals surface area contributed by atoms with Crippen molar-refractivity contribution in [2.45, 2.75) is 26.3 Å². The van der Waals surface area contributed by atoms with Crippen LogP contribution in [0.4, 0.5) is 0 Å². The smallest absolute Gasteiger partial charge is 0.0702 e. The van der Waals surface area contributed by atoms with Crippen LogP contribution in [-0.2, 0) is 0 Å². The molecule has 0 saturated carbocycles. The number of hydrogen-bond acceptors (Lipinski definition) is 3.